The molecule has 0 aliphatic heterocycles. The first kappa shape index (κ1) is 9.07. The summed E-state index contributed by atoms with van der Waals surface area (Å²) in [6, 6.07) is 3.61. The first-order chi connectivity index (χ1) is 5.65. The molecule has 0 aliphatic rings. The number of hydrogen-bond acceptors (Lipinski definition) is 1. The molecule has 0 saturated carbocycles. The van der Waals surface area contributed by atoms with Gasteiger partial charge < -0.3 is 4.57 Å². The molecule has 0 N–H and O–H groups in total. The highest BCUT2D eigenvalue weighted by atomic mass is 35.5. The van der Waals surface area contributed by atoms with Gasteiger partial charge >= 0.3 is 0 Å². The van der Waals surface area contributed by atoms with Gasteiger partial charge in [0.05, 0.1) is 0 Å². The van der Waals surface area contributed by atoms with Crippen LogP contribution in [0.15, 0.2) is 29.9 Å². The van der Waals surface area contributed by atoms with Crippen molar-refractivity contribution in [1.82, 2.24) is 4.57 Å². The van der Waals surface area contributed by atoms with Crippen molar-refractivity contribution >= 4 is 17.3 Å². The van der Waals surface area contributed by atoms with Gasteiger partial charge in [0, 0.05) is 24.0 Å². The Morgan fingerprint density at radius 3 is 2.83 bits per heavy atom. The number of rotatable bonds is 1. The Morgan fingerprint density at radius 2 is 2.33 bits per heavy atom. The zero-order valence-electron chi connectivity index (χ0n) is 7.21. The molecule has 0 unspecified atom stereocenters. The van der Waals surface area contributed by atoms with E-state index in [2.05, 4.69) is 11.6 Å². The summed E-state index contributed by atoms with van der Waals surface area (Å²) in [6.07, 6.45) is 1.85. The third kappa shape index (κ3) is 1.77. The molecule has 0 bridgehead atoms. The summed E-state index contributed by atoms with van der Waals surface area (Å²) in [5.41, 5.74) is 1.74. The van der Waals surface area contributed by atoms with Crippen LogP contribution in [0.25, 0.3) is 5.70 Å². The molecule has 2 nitrogen and oxygen atoms in total. The Balaban J connectivity index is 3.41. The number of halogens is 1. The van der Waals surface area contributed by atoms with Crippen molar-refractivity contribution in [1.29, 1.82) is 0 Å². The van der Waals surface area contributed by atoms with Crippen LogP contribution in [0.4, 0.5) is 0 Å². The molecule has 0 atom stereocenters. The third-order valence-electron chi connectivity index (χ3n) is 1.54. The second kappa shape index (κ2) is 3.59. The van der Waals surface area contributed by atoms with Crippen molar-refractivity contribution < 1.29 is 0 Å². The van der Waals surface area contributed by atoms with Crippen molar-refractivity contribution in [3.63, 3.8) is 0 Å². The summed E-state index contributed by atoms with van der Waals surface area (Å²) in [5, 5.41) is 0.688. The van der Waals surface area contributed by atoms with E-state index in [9.17, 15) is 0 Å². The van der Waals surface area contributed by atoms with Crippen LogP contribution in [0.1, 0.15) is 6.92 Å². The number of aromatic nitrogens is 1. The SMILES string of the molecule is C=C(C)n1ccc(Cl)cc1=NC. The molecular weight excluding hydrogens is 172 g/mol. The smallest absolute Gasteiger partial charge is 0.133 e. The highest BCUT2D eigenvalue weighted by Gasteiger charge is 1.93. The molecule has 0 radical (unpaired) electrons. The monoisotopic (exact) mass is 182 g/mol. The second-order valence-corrected chi connectivity index (χ2v) is 2.97. The Morgan fingerprint density at radius 1 is 1.67 bits per heavy atom. The lowest BCUT2D eigenvalue weighted by Crippen LogP contribution is -2.17. The van der Waals surface area contributed by atoms with Crippen molar-refractivity contribution in [3.8, 4) is 0 Å². The number of nitrogens with zero attached hydrogens (tertiary/aromatic N) is 2. The second-order valence-electron chi connectivity index (χ2n) is 2.53. The standard InChI is InChI=1S/C9H11ClN2/c1-7(2)12-5-4-8(10)6-9(12)11-3/h4-6H,1H2,2-3H3. The van der Waals surface area contributed by atoms with Gasteiger partial charge in [0.2, 0.25) is 0 Å². The van der Waals surface area contributed by atoms with E-state index in [4.69, 9.17) is 11.6 Å². The van der Waals surface area contributed by atoms with E-state index in [1.807, 2.05) is 23.8 Å². The Hall–Kier alpha value is -1.02. The van der Waals surface area contributed by atoms with Crippen LogP contribution in [0.3, 0.4) is 0 Å². The van der Waals surface area contributed by atoms with Gasteiger partial charge in [-0.05, 0) is 19.1 Å². The van der Waals surface area contributed by atoms with Crippen LogP contribution in [-0.2, 0) is 0 Å². The van der Waals surface area contributed by atoms with Crippen LogP contribution in [-0.4, -0.2) is 11.6 Å². The predicted octanol–water partition coefficient (Wildman–Crippen LogP) is 2.16. The number of hydrogen-bond donors (Lipinski definition) is 0. The first-order valence-corrected chi connectivity index (χ1v) is 4.00. The molecule has 64 valence electrons. The van der Waals surface area contributed by atoms with E-state index in [-0.39, 0.29) is 0 Å². The zero-order valence-corrected chi connectivity index (χ0v) is 7.97. The Bertz CT molecular complexity index is 363. The quantitative estimate of drug-likeness (QED) is 0.634. The molecular formula is C9H11ClN2. The summed E-state index contributed by atoms with van der Waals surface area (Å²) < 4.78 is 1.88. The lowest BCUT2D eigenvalue weighted by atomic mass is 10.4. The van der Waals surface area contributed by atoms with Crippen LogP contribution in [0, 0.1) is 0 Å². The number of allylic oxidation sites excluding steroid dienone is 1. The van der Waals surface area contributed by atoms with Gasteiger partial charge in [-0.1, -0.05) is 18.2 Å². The fraction of sp³-hybridized carbons (Fsp3) is 0.222. The highest BCUT2D eigenvalue weighted by Crippen LogP contribution is 2.04. The highest BCUT2D eigenvalue weighted by molar-refractivity contribution is 6.30. The van der Waals surface area contributed by atoms with Crippen molar-refractivity contribution in [3.05, 3.63) is 35.4 Å². The minimum atomic E-state index is 0.688. The molecule has 1 heterocycles. The van der Waals surface area contributed by atoms with Gasteiger partial charge in [-0.3, -0.25) is 4.99 Å². The van der Waals surface area contributed by atoms with Crippen molar-refractivity contribution in [2.75, 3.05) is 7.05 Å². The van der Waals surface area contributed by atoms with E-state index < -0.39 is 0 Å². The molecule has 0 aromatic carbocycles. The summed E-state index contributed by atoms with van der Waals surface area (Å²) in [7, 11) is 1.73. The molecule has 1 rings (SSSR count). The molecule has 0 spiro atoms. The van der Waals surface area contributed by atoms with E-state index in [1.165, 1.54) is 0 Å². The third-order valence-corrected chi connectivity index (χ3v) is 1.77. The van der Waals surface area contributed by atoms with Crippen LogP contribution < -0.4 is 5.49 Å². The van der Waals surface area contributed by atoms with Gasteiger partial charge in [-0.15, -0.1) is 0 Å². The predicted molar refractivity (Wildman–Crippen MR) is 51.9 cm³/mol. The lowest BCUT2D eigenvalue weighted by molar-refractivity contribution is 0.956. The molecule has 0 fully saturated rings. The maximum absolute atomic E-state index is 5.80. The van der Waals surface area contributed by atoms with E-state index in [0.29, 0.717) is 5.02 Å². The average Bonchev–Trinajstić information content (AvgIpc) is 2.03. The van der Waals surface area contributed by atoms with Crippen molar-refractivity contribution in [2.45, 2.75) is 6.92 Å². The maximum atomic E-state index is 5.80. The Labute approximate surface area is 76.8 Å². The van der Waals surface area contributed by atoms with E-state index >= 15 is 0 Å². The fourth-order valence-corrected chi connectivity index (χ4v) is 1.11. The molecule has 3 heteroatoms. The van der Waals surface area contributed by atoms with Gasteiger partial charge in [-0.2, -0.15) is 0 Å². The fourth-order valence-electron chi connectivity index (χ4n) is 0.958. The van der Waals surface area contributed by atoms with Gasteiger partial charge in [0.1, 0.15) is 5.49 Å². The molecule has 0 saturated heterocycles. The average molecular weight is 183 g/mol. The molecule has 0 aliphatic carbocycles. The summed E-state index contributed by atoms with van der Waals surface area (Å²) in [5.74, 6) is 0. The minimum absolute atomic E-state index is 0.688. The molecule has 12 heavy (non-hydrogen) atoms. The maximum Gasteiger partial charge on any atom is 0.133 e. The van der Waals surface area contributed by atoms with Gasteiger partial charge in [0.25, 0.3) is 0 Å². The summed E-state index contributed by atoms with van der Waals surface area (Å²) >= 11 is 5.80. The van der Waals surface area contributed by atoms with Gasteiger partial charge in [0.15, 0.2) is 0 Å². The van der Waals surface area contributed by atoms with Crippen LogP contribution in [0.2, 0.25) is 5.02 Å². The van der Waals surface area contributed by atoms with Crippen LogP contribution >= 0.6 is 11.6 Å². The molecule has 0 amide bonds. The molecule has 1 aromatic rings. The van der Waals surface area contributed by atoms with Crippen LogP contribution in [0.5, 0.6) is 0 Å². The largest absolute Gasteiger partial charge is 0.307 e. The lowest BCUT2D eigenvalue weighted by Gasteiger charge is -2.05. The van der Waals surface area contributed by atoms with E-state index in [0.717, 1.165) is 11.2 Å². The number of pyridine rings is 1. The topological polar surface area (TPSA) is 17.3 Å². The summed E-state index contributed by atoms with van der Waals surface area (Å²) in [4.78, 5) is 4.07. The van der Waals surface area contributed by atoms with Gasteiger partial charge in [-0.25, -0.2) is 0 Å². The Kier molecular flexibility index (Phi) is 2.71. The normalized spacial score (nSPS) is 11.8. The van der Waals surface area contributed by atoms with Crippen molar-refractivity contribution in [2.24, 2.45) is 4.99 Å². The minimum Gasteiger partial charge on any atom is -0.307 e. The molecule has 1 aromatic heterocycles. The summed E-state index contributed by atoms with van der Waals surface area (Å²) in [6.45, 7) is 5.74. The first-order valence-electron chi connectivity index (χ1n) is 3.62. The zero-order chi connectivity index (χ0) is 9.14. The van der Waals surface area contributed by atoms with E-state index in [1.54, 1.807) is 13.1 Å².